The molecule has 2 aliphatic heterocycles. The number of aromatic nitrogens is 4. The predicted octanol–water partition coefficient (Wildman–Crippen LogP) is -0.212. The van der Waals surface area contributed by atoms with E-state index in [2.05, 4.69) is 25.7 Å². The van der Waals surface area contributed by atoms with E-state index in [1.54, 1.807) is 4.68 Å². The van der Waals surface area contributed by atoms with Crippen LogP contribution in [0.25, 0.3) is 0 Å². The Morgan fingerprint density at radius 1 is 1.38 bits per heavy atom. The molecule has 6 nitrogen and oxygen atoms in total. The molecular formula is C10H18N6. The highest BCUT2D eigenvalue weighted by Crippen LogP contribution is 2.26. The standard InChI is InChI=1S/C10H18N6/c1-15-10(12-13-14-15)16-6-4-9-8(7-16)3-2-5-11-9/h8-9,11H,2-7H2,1H3. The summed E-state index contributed by atoms with van der Waals surface area (Å²) in [5.41, 5.74) is 0. The first-order valence-electron chi connectivity index (χ1n) is 6.05. The van der Waals surface area contributed by atoms with Gasteiger partial charge in [-0.1, -0.05) is 5.10 Å². The van der Waals surface area contributed by atoms with Gasteiger partial charge < -0.3 is 10.2 Å². The van der Waals surface area contributed by atoms with Gasteiger partial charge in [0.25, 0.3) is 0 Å². The van der Waals surface area contributed by atoms with Crippen LogP contribution in [0.15, 0.2) is 0 Å². The first-order chi connectivity index (χ1) is 7.84. The zero-order valence-corrected chi connectivity index (χ0v) is 9.63. The van der Waals surface area contributed by atoms with E-state index < -0.39 is 0 Å². The van der Waals surface area contributed by atoms with Gasteiger partial charge in [-0.15, -0.1) is 0 Å². The Bertz CT molecular complexity index is 362. The second-order valence-corrected chi connectivity index (χ2v) is 4.80. The molecule has 0 radical (unpaired) electrons. The summed E-state index contributed by atoms with van der Waals surface area (Å²) in [5, 5.41) is 15.3. The minimum absolute atomic E-state index is 0.714. The fraction of sp³-hybridized carbons (Fsp3) is 0.900. The molecule has 1 N–H and O–H groups in total. The third-order valence-corrected chi connectivity index (χ3v) is 3.77. The Morgan fingerprint density at radius 2 is 2.31 bits per heavy atom. The van der Waals surface area contributed by atoms with Crippen LogP contribution in [0, 0.1) is 5.92 Å². The van der Waals surface area contributed by atoms with Crippen LogP contribution in [0.3, 0.4) is 0 Å². The first-order valence-corrected chi connectivity index (χ1v) is 6.05. The molecule has 0 aromatic carbocycles. The minimum atomic E-state index is 0.714. The van der Waals surface area contributed by atoms with Crippen molar-refractivity contribution < 1.29 is 0 Å². The van der Waals surface area contributed by atoms with Gasteiger partial charge in [0.05, 0.1) is 0 Å². The Morgan fingerprint density at radius 3 is 3.12 bits per heavy atom. The van der Waals surface area contributed by atoms with Crippen LogP contribution in [-0.2, 0) is 7.05 Å². The molecule has 0 bridgehead atoms. The van der Waals surface area contributed by atoms with Crippen molar-refractivity contribution in [3.63, 3.8) is 0 Å². The zero-order chi connectivity index (χ0) is 11.0. The maximum atomic E-state index is 4.08. The second kappa shape index (κ2) is 4.01. The lowest BCUT2D eigenvalue weighted by atomic mass is 9.85. The maximum Gasteiger partial charge on any atom is 0.245 e. The van der Waals surface area contributed by atoms with Crippen LogP contribution < -0.4 is 10.2 Å². The average molecular weight is 222 g/mol. The van der Waals surface area contributed by atoms with E-state index in [4.69, 9.17) is 0 Å². The van der Waals surface area contributed by atoms with Crippen LogP contribution in [0.2, 0.25) is 0 Å². The number of rotatable bonds is 1. The van der Waals surface area contributed by atoms with Crippen molar-refractivity contribution >= 4 is 5.95 Å². The predicted molar refractivity (Wildman–Crippen MR) is 60.1 cm³/mol. The Hall–Kier alpha value is -1.17. The molecule has 6 heteroatoms. The van der Waals surface area contributed by atoms with Crippen molar-refractivity contribution in [1.82, 2.24) is 25.5 Å². The van der Waals surface area contributed by atoms with Gasteiger partial charge in [-0.3, -0.25) is 0 Å². The molecule has 2 aliphatic rings. The van der Waals surface area contributed by atoms with Crippen molar-refractivity contribution in [3.8, 4) is 0 Å². The highest BCUT2D eigenvalue weighted by atomic mass is 15.6. The Labute approximate surface area is 95.0 Å². The molecule has 3 rings (SSSR count). The Kier molecular flexibility index (Phi) is 2.51. The van der Waals surface area contributed by atoms with E-state index in [0.29, 0.717) is 6.04 Å². The van der Waals surface area contributed by atoms with Crippen molar-refractivity contribution in [3.05, 3.63) is 0 Å². The Balaban J connectivity index is 1.73. The molecule has 2 atom stereocenters. The maximum absolute atomic E-state index is 4.08. The second-order valence-electron chi connectivity index (χ2n) is 4.80. The van der Waals surface area contributed by atoms with Gasteiger partial charge in [0.15, 0.2) is 0 Å². The first kappa shape index (κ1) is 10.0. The molecule has 3 heterocycles. The summed E-state index contributed by atoms with van der Waals surface area (Å²) in [6.07, 6.45) is 3.84. The van der Waals surface area contributed by atoms with E-state index in [0.717, 1.165) is 25.0 Å². The molecular weight excluding hydrogens is 204 g/mol. The molecule has 0 amide bonds. The fourth-order valence-electron chi connectivity index (χ4n) is 2.92. The van der Waals surface area contributed by atoms with Crippen LogP contribution in [-0.4, -0.2) is 45.9 Å². The molecule has 0 saturated carbocycles. The summed E-state index contributed by atoms with van der Waals surface area (Å²) in [4.78, 5) is 2.31. The number of nitrogens with zero attached hydrogens (tertiary/aromatic N) is 5. The van der Waals surface area contributed by atoms with Gasteiger partial charge in [-0.2, -0.15) is 0 Å². The molecule has 2 unspecified atom stereocenters. The number of tetrazole rings is 1. The molecule has 0 spiro atoms. The van der Waals surface area contributed by atoms with E-state index in [9.17, 15) is 0 Å². The van der Waals surface area contributed by atoms with Gasteiger partial charge in [-0.05, 0) is 42.2 Å². The summed E-state index contributed by atoms with van der Waals surface area (Å²) in [5.74, 6) is 1.67. The van der Waals surface area contributed by atoms with E-state index in [1.165, 1.54) is 25.8 Å². The number of piperidine rings is 2. The lowest BCUT2D eigenvalue weighted by molar-refractivity contribution is 0.242. The molecule has 88 valence electrons. The summed E-state index contributed by atoms with van der Waals surface area (Å²) in [7, 11) is 1.90. The lowest BCUT2D eigenvalue weighted by Crippen LogP contribution is -2.52. The molecule has 0 aliphatic carbocycles. The number of hydrogen-bond acceptors (Lipinski definition) is 5. The number of anilines is 1. The molecule has 1 aromatic rings. The van der Waals surface area contributed by atoms with Crippen LogP contribution >= 0.6 is 0 Å². The van der Waals surface area contributed by atoms with E-state index >= 15 is 0 Å². The summed E-state index contributed by atoms with van der Waals surface area (Å²) in [6.45, 7) is 3.33. The van der Waals surface area contributed by atoms with Crippen LogP contribution in [0.4, 0.5) is 5.95 Å². The lowest BCUT2D eigenvalue weighted by Gasteiger charge is -2.41. The summed E-state index contributed by atoms with van der Waals surface area (Å²) in [6, 6.07) is 0.714. The van der Waals surface area contributed by atoms with Crippen molar-refractivity contribution in [1.29, 1.82) is 0 Å². The largest absolute Gasteiger partial charge is 0.339 e. The van der Waals surface area contributed by atoms with Crippen molar-refractivity contribution in [2.24, 2.45) is 13.0 Å². The third-order valence-electron chi connectivity index (χ3n) is 3.77. The quantitative estimate of drug-likeness (QED) is 0.712. The van der Waals surface area contributed by atoms with Crippen molar-refractivity contribution in [2.45, 2.75) is 25.3 Å². The van der Waals surface area contributed by atoms with Gasteiger partial charge in [-0.25, -0.2) is 4.68 Å². The van der Waals surface area contributed by atoms with E-state index in [1.807, 2.05) is 7.05 Å². The van der Waals surface area contributed by atoms with Gasteiger partial charge >= 0.3 is 0 Å². The zero-order valence-electron chi connectivity index (χ0n) is 9.63. The molecule has 2 saturated heterocycles. The summed E-state index contributed by atoms with van der Waals surface area (Å²) < 4.78 is 1.76. The fourth-order valence-corrected chi connectivity index (χ4v) is 2.92. The topological polar surface area (TPSA) is 58.9 Å². The number of fused-ring (bicyclic) bond motifs is 1. The normalized spacial score (nSPS) is 30.2. The molecule has 16 heavy (non-hydrogen) atoms. The SMILES string of the molecule is Cn1nnnc1N1CCC2NCCCC2C1. The van der Waals surface area contributed by atoms with Gasteiger partial charge in [0.1, 0.15) is 0 Å². The van der Waals surface area contributed by atoms with Crippen LogP contribution in [0.5, 0.6) is 0 Å². The third kappa shape index (κ3) is 1.67. The van der Waals surface area contributed by atoms with Crippen LogP contribution in [0.1, 0.15) is 19.3 Å². The number of hydrogen-bond donors (Lipinski definition) is 1. The highest BCUT2D eigenvalue weighted by Gasteiger charge is 2.32. The smallest absolute Gasteiger partial charge is 0.245 e. The summed E-state index contributed by atoms with van der Waals surface area (Å²) >= 11 is 0. The number of aryl methyl sites for hydroxylation is 1. The molecule has 2 fully saturated rings. The van der Waals surface area contributed by atoms with Gasteiger partial charge in [0, 0.05) is 26.2 Å². The molecule has 1 aromatic heterocycles. The van der Waals surface area contributed by atoms with Gasteiger partial charge in [0.2, 0.25) is 5.95 Å². The minimum Gasteiger partial charge on any atom is -0.339 e. The highest BCUT2D eigenvalue weighted by molar-refractivity contribution is 5.29. The average Bonchev–Trinajstić information content (AvgIpc) is 2.75. The van der Waals surface area contributed by atoms with E-state index in [-0.39, 0.29) is 0 Å². The number of nitrogens with one attached hydrogen (secondary N) is 1. The monoisotopic (exact) mass is 222 g/mol. The van der Waals surface area contributed by atoms with Crippen molar-refractivity contribution in [2.75, 3.05) is 24.5 Å².